The van der Waals surface area contributed by atoms with Crippen molar-refractivity contribution in [2.75, 3.05) is 19.0 Å². The van der Waals surface area contributed by atoms with Gasteiger partial charge in [-0.25, -0.2) is 4.98 Å². The number of amides is 1. The van der Waals surface area contributed by atoms with Gasteiger partial charge in [0.1, 0.15) is 0 Å². The maximum Gasteiger partial charge on any atom is 0.251 e. The number of rotatable bonds is 4. The molecule has 114 valence electrons. The first kappa shape index (κ1) is 14.8. The maximum atomic E-state index is 11.7. The predicted octanol–water partition coefficient (Wildman–Crippen LogP) is 2.75. The summed E-state index contributed by atoms with van der Waals surface area (Å²) in [4.78, 5) is 16.0. The second-order valence-corrected chi connectivity index (χ2v) is 5.85. The third kappa shape index (κ3) is 2.92. The van der Waals surface area contributed by atoms with E-state index >= 15 is 0 Å². The number of hydrogen-bond donors (Lipinski definition) is 2. The summed E-state index contributed by atoms with van der Waals surface area (Å²) in [5.41, 5.74) is 2.81. The van der Waals surface area contributed by atoms with Crippen LogP contribution in [0.4, 0.5) is 5.82 Å². The van der Waals surface area contributed by atoms with Crippen LogP contribution in [0.5, 0.6) is 5.75 Å². The lowest BCUT2D eigenvalue weighted by Gasteiger charge is -2.11. The molecule has 2 aromatic rings. The molecular formula is C16H16BrN3O2. The first-order valence-electron chi connectivity index (χ1n) is 7.04. The molecule has 3 rings (SSSR count). The number of hydrogen-bond acceptors (Lipinski definition) is 4. The van der Waals surface area contributed by atoms with Crippen LogP contribution in [0.3, 0.4) is 0 Å². The number of pyridine rings is 1. The van der Waals surface area contributed by atoms with Crippen LogP contribution in [0.2, 0.25) is 0 Å². The minimum absolute atomic E-state index is 0.0900. The number of benzene rings is 1. The number of aromatic nitrogens is 1. The number of nitrogens with zero attached hydrogens (tertiary/aromatic N) is 1. The molecule has 1 aromatic heterocycles. The highest BCUT2D eigenvalue weighted by atomic mass is 79.9. The number of halogens is 1. The van der Waals surface area contributed by atoms with Crippen molar-refractivity contribution >= 4 is 27.7 Å². The van der Waals surface area contributed by atoms with Gasteiger partial charge in [0.15, 0.2) is 11.6 Å². The van der Waals surface area contributed by atoms with E-state index in [2.05, 4.69) is 31.5 Å². The molecule has 1 aromatic carbocycles. The number of fused-ring (bicyclic) bond motifs is 1. The zero-order valence-electron chi connectivity index (χ0n) is 12.1. The number of carbonyl (C=O) groups excluding carboxylic acids is 1. The van der Waals surface area contributed by atoms with Crippen LogP contribution in [0, 0.1) is 0 Å². The molecule has 0 spiro atoms. The van der Waals surface area contributed by atoms with Crippen LogP contribution in [0.1, 0.15) is 21.5 Å². The second-order valence-electron chi connectivity index (χ2n) is 4.99. The van der Waals surface area contributed by atoms with E-state index in [1.165, 1.54) is 0 Å². The van der Waals surface area contributed by atoms with Crippen molar-refractivity contribution in [2.45, 2.75) is 13.0 Å². The van der Waals surface area contributed by atoms with E-state index in [1.807, 2.05) is 18.2 Å². The highest BCUT2D eigenvalue weighted by Gasteiger charge is 2.20. The molecule has 2 N–H and O–H groups in total. The lowest BCUT2D eigenvalue weighted by atomic mass is 10.1. The van der Waals surface area contributed by atoms with Crippen molar-refractivity contribution in [2.24, 2.45) is 0 Å². The average molecular weight is 362 g/mol. The molecule has 0 fully saturated rings. The smallest absolute Gasteiger partial charge is 0.251 e. The van der Waals surface area contributed by atoms with E-state index < -0.39 is 0 Å². The molecule has 0 saturated heterocycles. The average Bonchev–Trinajstić information content (AvgIpc) is 3.04. The fraction of sp³-hybridized carbons (Fsp3) is 0.250. The van der Waals surface area contributed by atoms with Crippen LogP contribution >= 0.6 is 15.9 Å². The molecule has 0 saturated carbocycles. The van der Waals surface area contributed by atoms with Crippen LogP contribution in [0.25, 0.3) is 0 Å². The number of carbonyl (C=O) groups is 1. The molecule has 1 aliphatic heterocycles. The normalized spacial score (nSPS) is 12.5. The number of ether oxygens (including phenoxy) is 1. The molecule has 1 amide bonds. The van der Waals surface area contributed by atoms with Crippen molar-refractivity contribution in [1.29, 1.82) is 0 Å². The Balaban J connectivity index is 1.76. The van der Waals surface area contributed by atoms with Gasteiger partial charge in [0.2, 0.25) is 0 Å². The zero-order valence-corrected chi connectivity index (χ0v) is 13.7. The molecule has 1 aliphatic rings. The summed E-state index contributed by atoms with van der Waals surface area (Å²) >= 11 is 3.50. The van der Waals surface area contributed by atoms with Gasteiger partial charge >= 0.3 is 0 Å². The maximum absolute atomic E-state index is 11.7. The summed E-state index contributed by atoms with van der Waals surface area (Å²) in [6.45, 7) is 1.26. The van der Waals surface area contributed by atoms with Crippen molar-refractivity contribution in [3.05, 3.63) is 51.6 Å². The predicted molar refractivity (Wildman–Crippen MR) is 88.3 cm³/mol. The monoisotopic (exact) mass is 361 g/mol. The van der Waals surface area contributed by atoms with Crippen LogP contribution in [0.15, 0.2) is 34.9 Å². The van der Waals surface area contributed by atoms with Gasteiger partial charge in [-0.1, -0.05) is 12.1 Å². The molecule has 6 heteroatoms. The van der Waals surface area contributed by atoms with Gasteiger partial charge in [-0.05, 0) is 33.6 Å². The van der Waals surface area contributed by atoms with Gasteiger partial charge in [0, 0.05) is 41.8 Å². The summed E-state index contributed by atoms with van der Waals surface area (Å²) in [7, 11) is 1.62. The number of anilines is 1. The van der Waals surface area contributed by atoms with Crippen molar-refractivity contribution in [3.63, 3.8) is 0 Å². The standard InChI is InChI=1S/C16H16BrN3O2/c1-18-16(21)11-4-2-3-10(7-11)8-19-15-14-12(5-6-22-14)13(17)9-20-15/h2-4,7,9H,5-6,8H2,1H3,(H,18,21)(H,19,20). The fourth-order valence-corrected chi connectivity index (χ4v) is 2.91. The van der Waals surface area contributed by atoms with Gasteiger partial charge in [-0.15, -0.1) is 0 Å². The molecule has 2 heterocycles. The SMILES string of the molecule is CNC(=O)c1cccc(CNc2ncc(Br)c3c2OCC3)c1. The van der Waals surface area contributed by atoms with E-state index in [9.17, 15) is 4.79 Å². The minimum atomic E-state index is -0.0900. The first-order valence-corrected chi connectivity index (χ1v) is 7.83. The third-order valence-electron chi connectivity index (χ3n) is 3.56. The summed E-state index contributed by atoms with van der Waals surface area (Å²) < 4.78 is 6.64. The second kappa shape index (κ2) is 6.36. The van der Waals surface area contributed by atoms with E-state index in [0.717, 1.165) is 33.6 Å². The fourth-order valence-electron chi connectivity index (χ4n) is 2.43. The lowest BCUT2D eigenvalue weighted by Crippen LogP contribution is -2.18. The Hall–Kier alpha value is -2.08. The molecular weight excluding hydrogens is 346 g/mol. The Morgan fingerprint density at radius 3 is 3.14 bits per heavy atom. The third-order valence-corrected chi connectivity index (χ3v) is 4.24. The topological polar surface area (TPSA) is 63.2 Å². The molecule has 5 nitrogen and oxygen atoms in total. The van der Waals surface area contributed by atoms with Crippen molar-refractivity contribution in [1.82, 2.24) is 10.3 Å². The molecule has 0 radical (unpaired) electrons. The molecule has 22 heavy (non-hydrogen) atoms. The van der Waals surface area contributed by atoms with Gasteiger partial charge in [0.05, 0.1) is 6.61 Å². The lowest BCUT2D eigenvalue weighted by molar-refractivity contribution is 0.0963. The Kier molecular flexibility index (Phi) is 4.29. The van der Waals surface area contributed by atoms with Crippen LogP contribution < -0.4 is 15.4 Å². The van der Waals surface area contributed by atoms with E-state index in [4.69, 9.17) is 4.74 Å². The van der Waals surface area contributed by atoms with Crippen LogP contribution in [-0.4, -0.2) is 24.5 Å². The van der Waals surface area contributed by atoms with Gasteiger partial charge in [-0.3, -0.25) is 4.79 Å². The summed E-state index contributed by atoms with van der Waals surface area (Å²) in [5, 5.41) is 5.91. The summed E-state index contributed by atoms with van der Waals surface area (Å²) in [6, 6.07) is 7.50. The van der Waals surface area contributed by atoms with Gasteiger partial charge < -0.3 is 15.4 Å². The number of nitrogens with one attached hydrogen (secondary N) is 2. The Morgan fingerprint density at radius 1 is 1.45 bits per heavy atom. The highest BCUT2D eigenvalue weighted by molar-refractivity contribution is 9.10. The zero-order chi connectivity index (χ0) is 15.5. The van der Waals surface area contributed by atoms with E-state index in [1.54, 1.807) is 19.3 Å². The molecule has 0 aliphatic carbocycles. The Bertz CT molecular complexity index is 719. The Morgan fingerprint density at radius 2 is 2.32 bits per heavy atom. The van der Waals surface area contributed by atoms with Gasteiger partial charge in [0.25, 0.3) is 5.91 Å². The highest BCUT2D eigenvalue weighted by Crippen LogP contribution is 2.36. The largest absolute Gasteiger partial charge is 0.489 e. The van der Waals surface area contributed by atoms with E-state index in [-0.39, 0.29) is 5.91 Å². The van der Waals surface area contributed by atoms with E-state index in [0.29, 0.717) is 18.7 Å². The van der Waals surface area contributed by atoms with Crippen molar-refractivity contribution < 1.29 is 9.53 Å². The van der Waals surface area contributed by atoms with Gasteiger partial charge in [-0.2, -0.15) is 0 Å². The minimum Gasteiger partial charge on any atom is -0.489 e. The molecule has 0 bridgehead atoms. The molecule has 0 unspecified atom stereocenters. The first-order chi connectivity index (χ1) is 10.7. The summed E-state index contributed by atoms with van der Waals surface area (Å²) in [5.74, 6) is 1.46. The molecule has 0 atom stereocenters. The summed E-state index contributed by atoms with van der Waals surface area (Å²) in [6.07, 6.45) is 2.68. The van der Waals surface area contributed by atoms with Crippen molar-refractivity contribution in [3.8, 4) is 5.75 Å². The Labute approximate surface area is 137 Å². The quantitative estimate of drug-likeness (QED) is 0.878. The van der Waals surface area contributed by atoms with Crippen LogP contribution in [-0.2, 0) is 13.0 Å².